The van der Waals surface area contributed by atoms with Gasteiger partial charge >= 0.3 is 0 Å². The van der Waals surface area contributed by atoms with Crippen LogP contribution in [0.25, 0.3) is 0 Å². The summed E-state index contributed by atoms with van der Waals surface area (Å²) in [6, 6.07) is 10.6. The summed E-state index contributed by atoms with van der Waals surface area (Å²) in [6.45, 7) is 1.90. The van der Waals surface area contributed by atoms with Crippen LogP contribution >= 0.6 is 0 Å². The van der Waals surface area contributed by atoms with Crippen LogP contribution in [0.1, 0.15) is 31.2 Å². The van der Waals surface area contributed by atoms with Gasteiger partial charge < -0.3 is 4.90 Å². The first-order valence-corrected chi connectivity index (χ1v) is 6.62. The van der Waals surface area contributed by atoms with Gasteiger partial charge in [0, 0.05) is 13.1 Å². The smallest absolute Gasteiger partial charge is 0.209 e. The number of benzene rings is 1. The maximum atomic E-state index is 10.9. The van der Waals surface area contributed by atoms with E-state index in [1.807, 2.05) is 11.0 Å². The largest absolute Gasteiger partial charge is 0.345 e. The third-order valence-corrected chi connectivity index (χ3v) is 3.34. The van der Waals surface area contributed by atoms with Crippen LogP contribution < -0.4 is 0 Å². The van der Waals surface area contributed by atoms with Crippen molar-refractivity contribution in [3.63, 3.8) is 0 Å². The van der Waals surface area contributed by atoms with Crippen LogP contribution in [0, 0.1) is 5.92 Å². The van der Waals surface area contributed by atoms with Gasteiger partial charge in [-0.2, -0.15) is 0 Å². The highest BCUT2D eigenvalue weighted by Gasteiger charge is 2.23. The summed E-state index contributed by atoms with van der Waals surface area (Å²) in [5, 5.41) is 0. The molecule has 0 spiro atoms. The number of hydrogen-bond donors (Lipinski definition) is 0. The van der Waals surface area contributed by atoms with Gasteiger partial charge in [-0.15, -0.1) is 0 Å². The fourth-order valence-electron chi connectivity index (χ4n) is 2.11. The minimum atomic E-state index is 0.800. The van der Waals surface area contributed by atoms with Crippen molar-refractivity contribution in [1.82, 2.24) is 4.90 Å². The lowest BCUT2D eigenvalue weighted by molar-refractivity contribution is -0.118. The molecule has 2 rings (SSSR count). The van der Waals surface area contributed by atoms with Crippen molar-refractivity contribution >= 4 is 6.41 Å². The molecule has 2 heteroatoms. The zero-order valence-electron chi connectivity index (χ0n) is 10.3. The molecule has 2 nitrogen and oxygen atoms in total. The second-order valence-electron chi connectivity index (χ2n) is 4.99. The molecule has 1 saturated carbocycles. The van der Waals surface area contributed by atoms with Crippen LogP contribution in [-0.2, 0) is 11.2 Å². The van der Waals surface area contributed by atoms with E-state index in [0.717, 1.165) is 38.3 Å². The fourth-order valence-corrected chi connectivity index (χ4v) is 2.11. The Morgan fingerprint density at radius 2 is 1.94 bits per heavy atom. The van der Waals surface area contributed by atoms with E-state index >= 15 is 0 Å². The van der Waals surface area contributed by atoms with Crippen molar-refractivity contribution in [2.45, 2.75) is 32.1 Å². The minimum absolute atomic E-state index is 0.800. The molecule has 0 aliphatic heterocycles. The van der Waals surface area contributed by atoms with Gasteiger partial charge in [0.1, 0.15) is 0 Å². The number of aryl methyl sites for hydroxylation is 1. The van der Waals surface area contributed by atoms with E-state index in [2.05, 4.69) is 24.3 Å². The molecule has 1 aromatic carbocycles. The number of unbranched alkanes of at least 4 members (excludes halogenated alkanes) is 1. The highest BCUT2D eigenvalue weighted by atomic mass is 16.1. The predicted molar refractivity (Wildman–Crippen MR) is 69.7 cm³/mol. The molecular weight excluding hydrogens is 210 g/mol. The van der Waals surface area contributed by atoms with Gasteiger partial charge in [-0.25, -0.2) is 0 Å². The number of amides is 1. The molecule has 0 N–H and O–H groups in total. The Hall–Kier alpha value is -1.31. The van der Waals surface area contributed by atoms with Crippen LogP contribution in [0.5, 0.6) is 0 Å². The third-order valence-electron chi connectivity index (χ3n) is 3.34. The molecule has 0 unspecified atom stereocenters. The number of carbonyl (C=O) groups is 1. The normalized spacial score (nSPS) is 14.6. The van der Waals surface area contributed by atoms with Crippen molar-refractivity contribution in [3.05, 3.63) is 35.9 Å². The molecule has 0 bridgehead atoms. The van der Waals surface area contributed by atoms with Gasteiger partial charge in [-0.1, -0.05) is 30.3 Å². The Labute approximate surface area is 104 Å². The van der Waals surface area contributed by atoms with Gasteiger partial charge in [0.15, 0.2) is 0 Å². The maximum absolute atomic E-state index is 10.9. The number of carbonyl (C=O) groups excluding carboxylic acids is 1. The second-order valence-corrected chi connectivity index (χ2v) is 4.99. The minimum Gasteiger partial charge on any atom is -0.345 e. The van der Waals surface area contributed by atoms with Crippen molar-refractivity contribution in [1.29, 1.82) is 0 Å². The quantitative estimate of drug-likeness (QED) is 0.497. The van der Waals surface area contributed by atoms with Crippen LogP contribution in [0.2, 0.25) is 0 Å². The molecule has 0 atom stereocenters. The van der Waals surface area contributed by atoms with E-state index in [0.29, 0.717) is 0 Å². The van der Waals surface area contributed by atoms with Crippen molar-refractivity contribution in [2.24, 2.45) is 5.92 Å². The maximum Gasteiger partial charge on any atom is 0.209 e. The van der Waals surface area contributed by atoms with E-state index in [1.165, 1.54) is 24.8 Å². The first kappa shape index (κ1) is 12.2. The SMILES string of the molecule is O=CN(CCCCc1ccccc1)CC1CC1. The predicted octanol–water partition coefficient (Wildman–Crippen LogP) is 2.88. The lowest BCUT2D eigenvalue weighted by atomic mass is 10.1. The molecule has 1 aromatic rings. The monoisotopic (exact) mass is 231 g/mol. The van der Waals surface area contributed by atoms with E-state index in [-0.39, 0.29) is 0 Å². The van der Waals surface area contributed by atoms with Crippen molar-refractivity contribution < 1.29 is 4.79 Å². The average Bonchev–Trinajstić information content (AvgIpc) is 3.18. The summed E-state index contributed by atoms with van der Waals surface area (Å²) in [4.78, 5) is 12.8. The van der Waals surface area contributed by atoms with Gasteiger partial charge in [-0.3, -0.25) is 4.79 Å². The topological polar surface area (TPSA) is 20.3 Å². The fraction of sp³-hybridized carbons (Fsp3) is 0.533. The third kappa shape index (κ3) is 4.59. The number of hydrogen-bond acceptors (Lipinski definition) is 1. The number of rotatable bonds is 8. The second kappa shape index (κ2) is 6.43. The van der Waals surface area contributed by atoms with Crippen LogP contribution in [0.3, 0.4) is 0 Å². The highest BCUT2D eigenvalue weighted by molar-refractivity contribution is 5.47. The molecule has 1 fully saturated rings. The molecule has 17 heavy (non-hydrogen) atoms. The molecule has 1 amide bonds. The summed E-state index contributed by atoms with van der Waals surface area (Å²) < 4.78 is 0. The Morgan fingerprint density at radius 3 is 2.59 bits per heavy atom. The van der Waals surface area contributed by atoms with Gasteiger partial charge in [0.05, 0.1) is 0 Å². The van der Waals surface area contributed by atoms with Crippen LogP contribution in [0.4, 0.5) is 0 Å². The van der Waals surface area contributed by atoms with E-state index in [9.17, 15) is 4.79 Å². The Balaban J connectivity index is 1.59. The molecular formula is C15H21NO. The summed E-state index contributed by atoms with van der Waals surface area (Å²) in [6.07, 6.45) is 7.04. The molecule has 1 aliphatic carbocycles. The molecule has 1 aliphatic rings. The van der Waals surface area contributed by atoms with Crippen LogP contribution in [0.15, 0.2) is 30.3 Å². The lowest BCUT2D eigenvalue weighted by Crippen LogP contribution is -2.25. The van der Waals surface area contributed by atoms with Gasteiger partial charge in [0.2, 0.25) is 6.41 Å². The first-order chi connectivity index (χ1) is 8.38. The van der Waals surface area contributed by atoms with Gasteiger partial charge in [-0.05, 0) is 43.6 Å². The summed E-state index contributed by atoms with van der Waals surface area (Å²) in [5.74, 6) is 0.800. The Morgan fingerprint density at radius 1 is 1.18 bits per heavy atom. The van der Waals surface area contributed by atoms with E-state index in [1.54, 1.807) is 0 Å². The first-order valence-electron chi connectivity index (χ1n) is 6.62. The Bertz CT molecular complexity index is 332. The highest BCUT2D eigenvalue weighted by Crippen LogP contribution is 2.29. The van der Waals surface area contributed by atoms with Gasteiger partial charge in [0.25, 0.3) is 0 Å². The zero-order valence-corrected chi connectivity index (χ0v) is 10.3. The molecule has 0 saturated heterocycles. The summed E-state index contributed by atoms with van der Waals surface area (Å²) >= 11 is 0. The zero-order chi connectivity index (χ0) is 11.9. The van der Waals surface area contributed by atoms with E-state index < -0.39 is 0 Å². The molecule has 0 radical (unpaired) electrons. The summed E-state index contributed by atoms with van der Waals surface area (Å²) in [7, 11) is 0. The lowest BCUT2D eigenvalue weighted by Gasteiger charge is -2.16. The summed E-state index contributed by atoms with van der Waals surface area (Å²) in [5.41, 5.74) is 1.40. The Kier molecular flexibility index (Phi) is 4.60. The van der Waals surface area contributed by atoms with Crippen molar-refractivity contribution in [3.8, 4) is 0 Å². The molecule has 0 aromatic heterocycles. The van der Waals surface area contributed by atoms with Crippen LogP contribution in [-0.4, -0.2) is 24.4 Å². The molecule has 0 heterocycles. The average molecular weight is 231 g/mol. The standard InChI is InChI=1S/C15H21NO/c17-13-16(12-15-9-10-15)11-5-4-8-14-6-2-1-3-7-14/h1-3,6-7,13,15H,4-5,8-12H2. The van der Waals surface area contributed by atoms with Crippen molar-refractivity contribution in [2.75, 3.05) is 13.1 Å². The van der Waals surface area contributed by atoms with E-state index in [4.69, 9.17) is 0 Å². The molecule has 92 valence electrons. The number of nitrogens with zero attached hydrogens (tertiary/aromatic N) is 1.